The zero-order chi connectivity index (χ0) is 9.02. The van der Waals surface area contributed by atoms with E-state index in [1.807, 2.05) is 21.0 Å². The fourth-order valence-electron chi connectivity index (χ4n) is 0.338. The molecule has 0 saturated heterocycles. The van der Waals surface area contributed by atoms with Crippen LogP contribution in [-0.4, -0.2) is 24.2 Å². The van der Waals surface area contributed by atoms with Crippen molar-refractivity contribution in [3.8, 4) is 0 Å². The third-order valence-corrected chi connectivity index (χ3v) is 2.63. The molecule has 0 aliphatic carbocycles. The van der Waals surface area contributed by atoms with E-state index in [1.165, 1.54) is 22.2 Å². The highest BCUT2D eigenvalue weighted by Gasteiger charge is 2.01. The van der Waals surface area contributed by atoms with Gasteiger partial charge in [-0.3, -0.25) is 5.41 Å². The molecule has 0 fully saturated rings. The Bertz CT molecular complexity index is 179. The summed E-state index contributed by atoms with van der Waals surface area (Å²) in [6, 6.07) is 0. The monoisotopic (exact) mass is 172 g/mol. The average Bonchev–Trinajstić information content (AvgIpc) is 1.87. The Kier molecular flexibility index (Phi) is 4.26. The van der Waals surface area contributed by atoms with E-state index in [9.17, 15) is 0 Å². The number of nitrogens with one attached hydrogen (secondary N) is 1. The van der Waals surface area contributed by atoms with E-state index >= 15 is 0 Å². The summed E-state index contributed by atoms with van der Waals surface area (Å²) in [4.78, 5) is 3.01. The third kappa shape index (κ3) is 4.09. The van der Waals surface area contributed by atoms with Gasteiger partial charge < -0.3 is 4.90 Å². The van der Waals surface area contributed by atoms with E-state index in [2.05, 4.69) is 13.8 Å². The summed E-state index contributed by atoms with van der Waals surface area (Å²) in [7, 11) is 3.77. The predicted octanol–water partition coefficient (Wildman–Crippen LogP) is 2.53. The van der Waals surface area contributed by atoms with E-state index < -0.39 is 0 Å². The minimum Gasteiger partial charge on any atom is -0.358 e. The molecule has 0 aromatic rings. The number of nitrogens with zero attached hydrogens (tertiary/aromatic N) is 1. The average molecular weight is 172 g/mol. The second kappa shape index (κ2) is 4.44. The van der Waals surface area contributed by atoms with Crippen LogP contribution in [0, 0.1) is 5.41 Å². The standard InChI is InChI=1S/C8H16N2S/c1-6(2)7(3)11-8(9)10(4)5/h9H,1-5H3. The molecule has 64 valence electrons. The number of hydrogen-bond acceptors (Lipinski definition) is 2. The first kappa shape index (κ1) is 10.6. The quantitative estimate of drug-likeness (QED) is 0.486. The van der Waals surface area contributed by atoms with Crippen LogP contribution in [0.5, 0.6) is 0 Å². The molecule has 0 bridgehead atoms. The van der Waals surface area contributed by atoms with Crippen LogP contribution < -0.4 is 0 Å². The molecule has 0 amide bonds. The first-order valence-corrected chi connectivity index (χ1v) is 4.34. The van der Waals surface area contributed by atoms with Gasteiger partial charge in [0.1, 0.15) is 0 Å². The van der Waals surface area contributed by atoms with Gasteiger partial charge >= 0.3 is 0 Å². The third-order valence-electron chi connectivity index (χ3n) is 1.36. The van der Waals surface area contributed by atoms with Gasteiger partial charge in [0.05, 0.1) is 0 Å². The molecule has 3 heteroatoms. The highest BCUT2D eigenvalue weighted by molar-refractivity contribution is 8.16. The molecule has 0 atom stereocenters. The van der Waals surface area contributed by atoms with E-state index in [0.29, 0.717) is 5.17 Å². The van der Waals surface area contributed by atoms with Crippen LogP contribution in [0.4, 0.5) is 0 Å². The molecule has 0 aromatic heterocycles. The van der Waals surface area contributed by atoms with Crippen molar-refractivity contribution in [3.63, 3.8) is 0 Å². The van der Waals surface area contributed by atoms with Gasteiger partial charge in [0.2, 0.25) is 0 Å². The molecule has 0 radical (unpaired) electrons. The summed E-state index contributed by atoms with van der Waals surface area (Å²) in [6.07, 6.45) is 0. The highest BCUT2D eigenvalue weighted by atomic mass is 32.2. The van der Waals surface area contributed by atoms with Crippen LogP contribution in [0.25, 0.3) is 0 Å². The van der Waals surface area contributed by atoms with Crippen LogP contribution in [0.15, 0.2) is 10.5 Å². The Morgan fingerprint density at radius 1 is 1.18 bits per heavy atom. The smallest absolute Gasteiger partial charge is 0.160 e. The Morgan fingerprint density at radius 3 is 1.91 bits per heavy atom. The molecule has 0 saturated carbocycles. The van der Waals surface area contributed by atoms with Crippen molar-refractivity contribution in [1.82, 2.24) is 4.90 Å². The molecule has 0 aromatic carbocycles. The molecule has 1 N–H and O–H groups in total. The molecule has 0 heterocycles. The van der Waals surface area contributed by atoms with Crippen LogP contribution in [0.1, 0.15) is 20.8 Å². The second-order valence-electron chi connectivity index (χ2n) is 2.86. The number of allylic oxidation sites excluding steroid dienone is 2. The summed E-state index contributed by atoms with van der Waals surface area (Å²) >= 11 is 1.50. The highest BCUT2D eigenvalue weighted by Crippen LogP contribution is 2.20. The van der Waals surface area contributed by atoms with Crippen LogP contribution in [0.2, 0.25) is 0 Å². The molecule has 0 aliphatic heterocycles. The Labute approximate surface area is 73.2 Å². The molecule has 11 heavy (non-hydrogen) atoms. The molecule has 0 unspecified atom stereocenters. The van der Waals surface area contributed by atoms with Gasteiger partial charge in [-0.25, -0.2) is 0 Å². The molecular formula is C8H16N2S. The van der Waals surface area contributed by atoms with Crippen molar-refractivity contribution in [2.45, 2.75) is 20.8 Å². The molecule has 0 rings (SSSR count). The predicted molar refractivity (Wildman–Crippen MR) is 53.1 cm³/mol. The number of thioether (sulfide) groups is 1. The zero-order valence-electron chi connectivity index (χ0n) is 7.86. The van der Waals surface area contributed by atoms with Gasteiger partial charge in [-0.05, 0) is 25.7 Å². The lowest BCUT2D eigenvalue weighted by Gasteiger charge is -2.13. The number of rotatable bonds is 1. The Morgan fingerprint density at radius 2 is 1.64 bits per heavy atom. The van der Waals surface area contributed by atoms with Crippen molar-refractivity contribution in [3.05, 3.63) is 10.5 Å². The van der Waals surface area contributed by atoms with Gasteiger partial charge in [0.15, 0.2) is 5.17 Å². The van der Waals surface area contributed by atoms with E-state index in [4.69, 9.17) is 5.41 Å². The lowest BCUT2D eigenvalue weighted by atomic mass is 10.3. The lowest BCUT2D eigenvalue weighted by molar-refractivity contribution is 0.632. The van der Waals surface area contributed by atoms with Gasteiger partial charge in [-0.2, -0.15) is 0 Å². The van der Waals surface area contributed by atoms with Crippen molar-refractivity contribution < 1.29 is 0 Å². The normalized spacial score (nSPS) is 9.18. The van der Waals surface area contributed by atoms with Gasteiger partial charge in [-0.15, -0.1) is 0 Å². The fraction of sp³-hybridized carbons (Fsp3) is 0.625. The molecule has 2 nitrogen and oxygen atoms in total. The lowest BCUT2D eigenvalue weighted by Crippen LogP contribution is -2.17. The van der Waals surface area contributed by atoms with Crippen molar-refractivity contribution in [1.29, 1.82) is 5.41 Å². The fourth-order valence-corrected chi connectivity index (χ4v) is 1.02. The summed E-state index contributed by atoms with van der Waals surface area (Å²) < 4.78 is 0. The summed E-state index contributed by atoms with van der Waals surface area (Å²) in [5.74, 6) is 0. The molecule has 0 aliphatic rings. The van der Waals surface area contributed by atoms with Crippen molar-refractivity contribution >= 4 is 16.9 Å². The van der Waals surface area contributed by atoms with Crippen LogP contribution >= 0.6 is 11.8 Å². The van der Waals surface area contributed by atoms with Gasteiger partial charge in [0.25, 0.3) is 0 Å². The molecular weight excluding hydrogens is 156 g/mol. The summed E-state index contributed by atoms with van der Waals surface area (Å²) in [5, 5.41) is 8.11. The minimum atomic E-state index is 0.587. The van der Waals surface area contributed by atoms with Crippen molar-refractivity contribution in [2.24, 2.45) is 0 Å². The topological polar surface area (TPSA) is 27.1 Å². The summed E-state index contributed by atoms with van der Waals surface area (Å²) in [5.41, 5.74) is 1.28. The number of amidine groups is 1. The van der Waals surface area contributed by atoms with Crippen LogP contribution in [-0.2, 0) is 0 Å². The minimum absolute atomic E-state index is 0.587. The maximum Gasteiger partial charge on any atom is 0.160 e. The first-order chi connectivity index (χ1) is 4.95. The molecule has 0 spiro atoms. The zero-order valence-corrected chi connectivity index (χ0v) is 8.67. The van der Waals surface area contributed by atoms with Crippen LogP contribution in [0.3, 0.4) is 0 Å². The van der Waals surface area contributed by atoms with E-state index in [1.54, 1.807) is 4.90 Å². The van der Waals surface area contributed by atoms with Gasteiger partial charge in [0, 0.05) is 14.1 Å². The van der Waals surface area contributed by atoms with E-state index in [-0.39, 0.29) is 0 Å². The maximum atomic E-state index is 7.52. The largest absolute Gasteiger partial charge is 0.358 e. The SMILES string of the molecule is CC(C)=C(C)SC(=N)N(C)C. The second-order valence-corrected chi connectivity index (χ2v) is 4.06. The summed E-state index contributed by atoms with van der Waals surface area (Å²) in [6.45, 7) is 6.16. The van der Waals surface area contributed by atoms with Gasteiger partial charge in [-0.1, -0.05) is 17.3 Å². The first-order valence-electron chi connectivity index (χ1n) is 3.53. The Balaban J connectivity index is 4.07. The maximum absolute atomic E-state index is 7.52. The van der Waals surface area contributed by atoms with Crippen molar-refractivity contribution in [2.75, 3.05) is 14.1 Å². The Hall–Kier alpha value is -0.440. The van der Waals surface area contributed by atoms with E-state index in [0.717, 1.165) is 0 Å². The number of hydrogen-bond donors (Lipinski definition) is 1.